The molecule has 35 heavy (non-hydrogen) atoms. The molecule has 0 bridgehead atoms. The summed E-state index contributed by atoms with van der Waals surface area (Å²) in [6, 6.07) is 28.9. The number of para-hydroxylation sites is 1. The highest BCUT2D eigenvalue weighted by Crippen LogP contribution is 2.29. The lowest BCUT2D eigenvalue weighted by Gasteiger charge is -2.11. The predicted octanol–water partition coefficient (Wildman–Crippen LogP) is 6.59. The van der Waals surface area contributed by atoms with Gasteiger partial charge in [-0.1, -0.05) is 78.3 Å². The van der Waals surface area contributed by atoms with Crippen molar-refractivity contribution < 1.29 is 9.59 Å². The fourth-order valence-electron chi connectivity index (χ4n) is 4.68. The molecule has 3 amide bonds. The normalized spacial score (nSPS) is 14.9. The molecule has 0 radical (unpaired) electrons. The van der Waals surface area contributed by atoms with Gasteiger partial charge in [-0.15, -0.1) is 0 Å². The van der Waals surface area contributed by atoms with Gasteiger partial charge in [-0.25, -0.2) is 9.69 Å². The summed E-state index contributed by atoms with van der Waals surface area (Å²) in [5.74, 6) is -0.414. The topological polar surface area (TPSA) is 54.3 Å². The Morgan fingerprint density at radius 2 is 1.57 bits per heavy atom. The standard InChI is InChI=1S/C29H20ClN3O2/c30-22-10-6-11-23(16-22)33-28(34)26(31-29(33)35)15-21-18-32(27-14-4-3-13-25(21)27)17-20-9-5-8-19-7-1-2-12-24(19)20/h1-16,18H,17H2,(H,31,35)/b26-15+. The van der Waals surface area contributed by atoms with Gasteiger partial charge < -0.3 is 9.88 Å². The fraction of sp³-hybridized carbons (Fsp3) is 0.0345. The molecule has 0 atom stereocenters. The van der Waals surface area contributed by atoms with E-state index in [1.54, 1.807) is 30.3 Å². The van der Waals surface area contributed by atoms with Crippen LogP contribution in [0.3, 0.4) is 0 Å². The molecule has 5 nitrogen and oxygen atoms in total. The number of hydrogen-bond donors (Lipinski definition) is 1. The maximum absolute atomic E-state index is 13.1. The van der Waals surface area contributed by atoms with Gasteiger partial charge in [-0.2, -0.15) is 0 Å². The summed E-state index contributed by atoms with van der Waals surface area (Å²) in [7, 11) is 0. The molecule has 1 saturated heterocycles. The van der Waals surface area contributed by atoms with Crippen LogP contribution in [-0.4, -0.2) is 16.5 Å². The second-order valence-electron chi connectivity index (χ2n) is 8.48. The monoisotopic (exact) mass is 477 g/mol. The summed E-state index contributed by atoms with van der Waals surface area (Å²) in [5.41, 5.74) is 3.78. The number of anilines is 1. The van der Waals surface area contributed by atoms with E-state index in [-0.39, 0.29) is 5.70 Å². The van der Waals surface area contributed by atoms with Gasteiger partial charge in [0.2, 0.25) is 0 Å². The number of urea groups is 1. The van der Waals surface area contributed by atoms with Gasteiger partial charge in [0.05, 0.1) is 5.69 Å². The van der Waals surface area contributed by atoms with Crippen LogP contribution in [0.5, 0.6) is 0 Å². The molecule has 1 N–H and O–H groups in total. The van der Waals surface area contributed by atoms with Crippen LogP contribution < -0.4 is 10.2 Å². The molecule has 2 heterocycles. The van der Waals surface area contributed by atoms with E-state index in [2.05, 4.69) is 52.3 Å². The van der Waals surface area contributed by atoms with E-state index >= 15 is 0 Å². The quantitative estimate of drug-likeness (QED) is 0.234. The minimum atomic E-state index is -0.497. The molecule has 6 rings (SSSR count). The van der Waals surface area contributed by atoms with Gasteiger partial charge in [0.1, 0.15) is 5.70 Å². The Kier molecular flexibility index (Phi) is 5.12. The van der Waals surface area contributed by atoms with E-state index in [1.165, 1.54) is 16.3 Å². The second kappa shape index (κ2) is 8.46. The number of amides is 3. The van der Waals surface area contributed by atoms with Crippen molar-refractivity contribution in [3.05, 3.63) is 119 Å². The Bertz CT molecular complexity index is 1660. The van der Waals surface area contributed by atoms with Gasteiger partial charge >= 0.3 is 6.03 Å². The van der Waals surface area contributed by atoms with Gasteiger partial charge in [0.25, 0.3) is 5.91 Å². The lowest BCUT2D eigenvalue weighted by molar-refractivity contribution is -0.113. The summed E-state index contributed by atoms with van der Waals surface area (Å²) >= 11 is 6.07. The van der Waals surface area contributed by atoms with Gasteiger partial charge in [-0.05, 0) is 46.7 Å². The summed E-state index contributed by atoms with van der Waals surface area (Å²) in [4.78, 5) is 26.9. The number of benzene rings is 4. The van der Waals surface area contributed by atoms with E-state index < -0.39 is 11.9 Å². The first-order chi connectivity index (χ1) is 17.1. The molecular weight excluding hydrogens is 458 g/mol. The molecule has 1 aliphatic rings. The van der Waals surface area contributed by atoms with E-state index in [0.29, 0.717) is 17.3 Å². The molecular formula is C29H20ClN3O2. The Balaban J connectivity index is 1.40. The third-order valence-corrected chi connectivity index (χ3v) is 6.52. The van der Waals surface area contributed by atoms with Crippen molar-refractivity contribution in [1.29, 1.82) is 0 Å². The van der Waals surface area contributed by atoms with Gasteiger partial charge in [-0.3, -0.25) is 4.79 Å². The van der Waals surface area contributed by atoms with Crippen molar-refractivity contribution in [3.63, 3.8) is 0 Å². The Hall–Kier alpha value is -4.35. The van der Waals surface area contributed by atoms with Crippen LogP contribution in [0, 0.1) is 0 Å². The first kappa shape index (κ1) is 21.2. The third kappa shape index (κ3) is 3.76. The lowest BCUT2D eigenvalue weighted by atomic mass is 10.0. The van der Waals surface area contributed by atoms with Gasteiger partial charge in [0, 0.05) is 34.2 Å². The smallest absolute Gasteiger partial charge is 0.333 e. The molecule has 1 aliphatic heterocycles. The van der Waals surface area contributed by atoms with Crippen molar-refractivity contribution in [3.8, 4) is 0 Å². The minimum Gasteiger partial charge on any atom is -0.342 e. The number of imide groups is 1. The van der Waals surface area contributed by atoms with Gasteiger partial charge in [0.15, 0.2) is 0 Å². The summed E-state index contributed by atoms with van der Waals surface area (Å²) in [5, 5.41) is 6.58. The third-order valence-electron chi connectivity index (χ3n) is 6.28. The Morgan fingerprint density at radius 1 is 0.829 bits per heavy atom. The zero-order valence-electron chi connectivity index (χ0n) is 18.6. The van der Waals surface area contributed by atoms with Crippen LogP contribution in [0.1, 0.15) is 11.1 Å². The highest BCUT2D eigenvalue weighted by molar-refractivity contribution is 6.32. The number of carbonyl (C=O) groups is 2. The number of nitrogens with one attached hydrogen (secondary N) is 1. The number of halogens is 1. The number of hydrogen-bond acceptors (Lipinski definition) is 2. The highest BCUT2D eigenvalue weighted by atomic mass is 35.5. The highest BCUT2D eigenvalue weighted by Gasteiger charge is 2.35. The van der Waals surface area contributed by atoms with Crippen LogP contribution in [0.15, 0.2) is 103 Å². The lowest BCUT2D eigenvalue weighted by Crippen LogP contribution is -2.30. The van der Waals surface area contributed by atoms with Crippen molar-refractivity contribution in [2.75, 3.05) is 4.90 Å². The molecule has 0 aliphatic carbocycles. The van der Waals surface area contributed by atoms with Crippen LogP contribution in [0.2, 0.25) is 5.02 Å². The van der Waals surface area contributed by atoms with Crippen LogP contribution >= 0.6 is 11.6 Å². The van der Waals surface area contributed by atoms with E-state index in [0.717, 1.165) is 21.4 Å². The SMILES string of the molecule is O=C1N/C(=C/c2cn(Cc3cccc4ccccc34)c3ccccc23)C(=O)N1c1cccc(Cl)c1. The maximum Gasteiger partial charge on any atom is 0.333 e. The molecule has 6 heteroatoms. The molecule has 170 valence electrons. The van der Waals surface area contributed by atoms with Crippen LogP contribution in [-0.2, 0) is 11.3 Å². The van der Waals surface area contributed by atoms with E-state index in [4.69, 9.17) is 11.6 Å². The summed E-state index contributed by atoms with van der Waals surface area (Å²) in [6.07, 6.45) is 3.77. The van der Waals surface area contributed by atoms with Crippen molar-refractivity contribution >= 4 is 57.0 Å². The van der Waals surface area contributed by atoms with Crippen molar-refractivity contribution in [2.45, 2.75) is 6.54 Å². The fourth-order valence-corrected chi connectivity index (χ4v) is 4.86. The first-order valence-electron chi connectivity index (χ1n) is 11.3. The van der Waals surface area contributed by atoms with E-state index in [9.17, 15) is 9.59 Å². The zero-order chi connectivity index (χ0) is 23.9. The van der Waals surface area contributed by atoms with Crippen molar-refractivity contribution in [2.24, 2.45) is 0 Å². The van der Waals surface area contributed by atoms with Crippen molar-refractivity contribution in [1.82, 2.24) is 9.88 Å². The molecule has 4 aromatic carbocycles. The summed E-state index contributed by atoms with van der Waals surface area (Å²) < 4.78 is 2.18. The molecule has 1 aromatic heterocycles. The minimum absolute atomic E-state index is 0.225. The molecule has 0 unspecified atom stereocenters. The summed E-state index contributed by atoms with van der Waals surface area (Å²) in [6.45, 7) is 0.681. The molecule has 0 spiro atoms. The average Bonchev–Trinajstić information content (AvgIpc) is 3.35. The van der Waals surface area contributed by atoms with Crippen LogP contribution in [0.4, 0.5) is 10.5 Å². The number of rotatable bonds is 4. The maximum atomic E-state index is 13.1. The number of aromatic nitrogens is 1. The number of fused-ring (bicyclic) bond motifs is 2. The first-order valence-corrected chi connectivity index (χ1v) is 11.6. The number of carbonyl (C=O) groups excluding carboxylic acids is 2. The molecule has 1 fully saturated rings. The average molecular weight is 478 g/mol. The second-order valence-corrected chi connectivity index (χ2v) is 8.91. The Labute approximate surface area is 206 Å². The largest absolute Gasteiger partial charge is 0.342 e. The number of nitrogens with zero attached hydrogens (tertiary/aromatic N) is 2. The molecule has 5 aromatic rings. The zero-order valence-corrected chi connectivity index (χ0v) is 19.4. The Morgan fingerprint density at radius 3 is 2.43 bits per heavy atom. The predicted molar refractivity (Wildman–Crippen MR) is 140 cm³/mol. The molecule has 0 saturated carbocycles. The van der Waals surface area contributed by atoms with E-state index in [1.807, 2.05) is 30.5 Å². The van der Waals surface area contributed by atoms with Crippen LogP contribution in [0.25, 0.3) is 27.8 Å².